The molecule has 0 radical (unpaired) electrons. The molecule has 0 saturated carbocycles. The fourth-order valence-electron chi connectivity index (χ4n) is 1.64. The van der Waals surface area contributed by atoms with Crippen LogP contribution in [0.1, 0.15) is 5.56 Å². The molecule has 9 heteroatoms. The molecule has 1 aromatic carbocycles. The van der Waals surface area contributed by atoms with Gasteiger partial charge >= 0.3 is 16.6 Å². The lowest BCUT2D eigenvalue weighted by Crippen LogP contribution is -2.55. The van der Waals surface area contributed by atoms with Crippen molar-refractivity contribution in [1.29, 1.82) is 0 Å². The highest BCUT2D eigenvalue weighted by atomic mass is 32.3. The molecule has 0 spiro atoms. The lowest BCUT2D eigenvalue weighted by molar-refractivity contribution is -0.139. The molecule has 1 aromatic rings. The maximum Gasteiger partial charge on any atom is 0.419 e. The Labute approximate surface area is 106 Å². The highest BCUT2D eigenvalue weighted by Crippen LogP contribution is 2.37. The Morgan fingerprint density at radius 1 is 1.21 bits per heavy atom. The minimum atomic E-state index is -4.80. The maximum atomic E-state index is 12.6. The van der Waals surface area contributed by atoms with Crippen LogP contribution in [-0.4, -0.2) is 31.9 Å². The van der Waals surface area contributed by atoms with E-state index in [2.05, 4.69) is 0 Å². The molecule has 19 heavy (non-hydrogen) atoms. The van der Waals surface area contributed by atoms with Crippen LogP contribution < -0.4 is 4.74 Å². The Hall–Kier alpha value is -1.35. The molecule has 0 amide bonds. The van der Waals surface area contributed by atoms with Crippen LogP contribution in [0.25, 0.3) is 0 Å². The van der Waals surface area contributed by atoms with E-state index in [0.717, 1.165) is 12.1 Å². The van der Waals surface area contributed by atoms with E-state index < -0.39 is 34.0 Å². The van der Waals surface area contributed by atoms with Crippen molar-refractivity contribution in [3.63, 3.8) is 0 Å². The molecule has 0 bridgehead atoms. The smallest absolute Gasteiger partial charge is 0.419 e. The van der Waals surface area contributed by atoms with Crippen molar-refractivity contribution in [1.82, 2.24) is 4.31 Å². The number of hydrogen-bond donors (Lipinski definition) is 0. The first-order valence-corrected chi connectivity index (χ1v) is 6.54. The summed E-state index contributed by atoms with van der Waals surface area (Å²) in [5, 5.41) is 0. The van der Waals surface area contributed by atoms with E-state index in [1.807, 2.05) is 0 Å². The van der Waals surface area contributed by atoms with Crippen molar-refractivity contribution in [3.8, 4) is 5.75 Å². The van der Waals surface area contributed by atoms with Crippen LogP contribution in [0.15, 0.2) is 24.3 Å². The third kappa shape index (κ3) is 3.16. The van der Waals surface area contributed by atoms with E-state index >= 15 is 0 Å². The number of hydrogen-bond acceptors (Lipinski definition) is 3. The van der Waals surface area contributed by atoms with Crippen LogP contribution in [0.5, 0.6) is 5.75 Å². The molecule has 0 aliphatic carbocycles. The number of rotatable bonds is 3. The van der Waals surface area contributed by atoms with Crippen LogP contribution in [0.2, 0.25) is 0 Å². The minimum absolute atomic E-state index is 0.301. The van der Waals surface area contributed by atoms with E-state index in [1.54, 1.807) is 0 Å². The molecule has 4 nitrogen and oxygen atoms in total. The molecule has 0 N–H and O–H groups in total. The quantitative estimate of drug-likeness (QED) is 0.633. The zero-order valence-electron chi connectivity index (χ0n) is 9.39. The topological polar surface area (TPSA) is 46.6 Å². The average molecular weight is 299 g/mol. The second kappa shape index (κ2) is 4.64. The molecule has 0 unspecified atom stereocenters. The fraction of sp³-hybridized carbons (Fsp3) is 0.400. The van der Waals surface area contributed by atoms with Crippen LogP contribution in [-0.2, 0) is 16.6 Å². The van der Waals surface area contributed by atoms with Gasteiger partial charge in [0.2, 0.25) is 0 Å². The Bertz CT molecular complexity index is 566. The summed E-state index contributed by atoms with van der Waals surface area (Å²) >= 11 is 0. The summed E-state index contributed by atoms with van der Waals surface area (Å²) in [6.07, 6.45) is -5.35. The summed E-state index contributed by atoms with van der Waals surface area (Å²) in [4.78, 5) is 0. The first kappa shape index (κ1) is 14.1. The summed E-state index contributed by atoms with van der Waals surface area (Å²) in [5.41, 5.74) is -0.948. The summed E-state index contributed by atoms with van der Waals surface area (Å²) in [7, 11) is -4.80. The van der Waals surface area contributed by atoms with Gasteiger partial charge in [0.1, 0.15) is 11.9 Å². The zero-order chi connectivity index (χ0) is 14.3. The predicted octanol–water partition coefficient (Wildman–Crippen LogP) is 1.98. The van der Waals surface area contributed by atoms with Gasteiger partial charge in [0.25, 0.3) is 0 Å². The Kier molecular flexibility index (Phi) is 3.43. The summed E-state index contributed by atoms with van der Waals surface area (Å²) in [5.74, 6) is -0.393. The van der Waals surface area contributed by atoms with E-state index in [0.29, 0.717) is 4.31 Å². The van der Waals surface area contributed by atoms with E-state index in [4.69, 9.17) is 4.74 Å². The Balaban J connectivity index is 2.07. The highest BCUT2D eigenvalue weighted by molar-refractivity contribution is 7.84. The molecule has 0 aromatic heterocycles. The monoisotopic (exact) mass is 299 g/mol. The highest BCUT2D eigenvalue weighted by Gasteiger charge is 2.39. The molecular weight excluding hydrogens is 290 g/mol. The lowest BCUT2D eigenvalue weighted by Gasteiger charge is -2.35. The summed E-state index contributed by atoms with van der Waals surface area (Å²) in [6.45, 7) is -0.601. The van der Waals surface area contributed by atoms with Gasteiger partial charge in [-0.15, -0.1) is 0 Å². The van der Waals surface area contributed by atoms with E-state index in [1.165, 1.54) is 12.1 Å². The van der Waals surface area contributed by atoms with Gasteiger partial charge in [-0.05, 0) is 12.1 Å². The standard InChI is InChI=1S/C10H9F4NO3S/c11-10(12,13)8-3-1-2-4-9(8)18-7-5-15(6-7)19(14,16)17/h1-4,7H,5-6H2. The molecule has 106 valence electrons. The lowest BCUT2D eigenvalue weighted by atomic mass is 10.1. The van der Waals surface area contributed by atoms with Gasteiger partial charge in [0.15, 0.2) is 0 Å². The SMILES string of the molecule is O=S(=O)(F)N1CC(Oc2ccccc2C(F)(F)F)C1. The number of nitrogens with zero attached hydrogens (tertiary/aromatic N) is 1. The maximum absolute atomic E-state index is 12.6. The van der Waals surface area contributed by atoms with Gasteiger partial charge in [0.05, 0.1) is 18.7 Å². The van der Waals surface area contributed by atoms with E-state index in [-0.39, 0.29) is 13.1 Å². The zero-order valence-corrected chi connectivity index (χ0v) is 10.2. The first-order chi connectivity index (χ1) is 8.68. The van der Waals surface area contributed by atoms with Crippen molar-refractivity contribution < 1.29 is 30.2 Å². The first-order valence-electron chi connectivity index (χ1n) is 5.20. The van der Waals surface area contributed by atoms with Gasteiger partial charge in [-0.3, -0.25) is 0 Å². The van der Waals surface area contributed by atoms with E-state index in [9.17, 15) is 25.5 Å². The number of benzene rings is 1. The minimum Gasteiger partial charge on any atom is -0.487 e. The molecule has 1 heterocycles. The van der Waals surface area contributed by atoms with Crippen LogP contribution >= 0.6 is 0 Å². The Morgan fingerprint density at radius 3 is 2.32 bits per heavy atom. The van der Waals surface area contributed by atoms with Gasteiger partial charge in [-0.1, -0.05) is 16.0 Å². The van der Waals surface area contributed by atoms with Crippen LogP contribution in [0.4, 0.5) is 17.1 Å². The van der Waals surface area contributed by atoms with Crippen molar-refractivity contribution >= 4 is 10.4 Å². The molecule has 1 aliphatic rings. The van der Waals surface area contributed by atoms with Crippen LogP contribution in [0.3, 0.4) is 0 Å². The molecule has 1 aliphatic heterocycles. The van der Waals surface area contributed by atoms with Crippen LogP contribution in [0, 0.1) is 0 Å². The Morgan fingerprint density at radius 2 is 1.79 bits per heavy atom. The molecule has 1 saturated heterocycles. The van der Waals surface area contributed by atoms with Crippen molar-refractivity contribution in [2.45, 2.75) is 12.3 Å². The van der Waals surface area contributed by atoms with Gasteiger partial charge in [-0.2, -0.15) is 25.9 Å². The summed E-state index contributed by atoms with van der Waals surface area (Å²) in [6, 6.07) is 4.58. The molecular formula is C10H9F4NO3S. The average Bonchev–Trinajstić information content (AvgIpc) is 2.20. The van der Waals surface area contributed by atoms with Crippen molar-refractivity contribution in [3.05, 3.63) is 29.8 Å². The number of ether oxygens (including phenoxy) is 1. The van der Waals surface area contributed by atoms with Gasteiger partial charge in [0, 0.05) is 0 Å². The molecule has 0 atom stereocenters. The van der Waals surface area contributed by atoms with Gasteiger partial charge < -0.3 is 4.74 Å². The number of halogens is 4. The second-order valence-corrected chi connectivity index (χ2v) is 5.33. The number of alkyl halides is 3. The van der Waals surface area contributed by atoms with Crippen molar-refractivity contribution in [2.75, 3.05) is 13.1 Å². The normalized spacial score (nSPS) is 18.1. The molecule has 2 rings (SSSR count). The van der Waals surface area contributed by atoms with Gasteiger partial charge in [-0.25, -0.2) is 0 Å². The second-order valence-electron chi connectivity index (χ2n) is 3.99. The largest absolute Gasteiger partial charge is 0.487 e. The third-order valence-electron chi connectivity index (χ3n) is 2.61. The summed E-state index contributed by atoms with van der Waals surface area (Å²) < 4.78 is 76.8. The molecule has 1 fully saturated rings. The predicted molar refractivity (Wildman–Crippen MR) is 57.5 cm³/mol. The number of para-hydroxylation sites is 1. The van der Waals surface area contributed by atoms with Crippen molar-refractivity contribution in [2.24, 2.45) is 0 Å². The fourth-order valence-corrected chi connectivity index (χ4v) is 2.33. The third-order valence-corrected chi connectivity index (χ3v) is 3.52.